The van der Waals surface area contributed by atoms with Crippen LogP contribution in [0.5, 0.6) is 5.75 Å². The standard InChI is InChI=1S/C24H21BrO/c1-23(2)14-24(22-13-16(26-3)9-11-20(22)23)19-7-5-4-6-17(19)18-10-8-15(25)12-21(18)24/h4-13H,14H2,1-3H3. The minimum absolute atomic E-state index is 0.108. The van der Waals surface area contributed by atoms with Crippen molar-refractivity contribution in [2.75, 3.05) is 7.11 Å². The van der Waals surface area contributed by atoms with E-state index in [0.717, 1.165) is 16.6 Å². The molecule has 130 valence electrons. The zero-order valence-electron chi connectivity index (χ0n) is 15.3. The van der Waals surface area contributed by atoms with Crippen LogP contribution >= 0.6 is 15.9 Å². The van der Waals surface area contributed by atoms with Crippen molar-refractivity contribution in [2.45, 2.75) is 31.1 Å². The molecule has 5 rings (SSSR count). The van der Waals surface area contributed by atoms with Crippen molar-refractivity contribution >= 4 is 15.9 Å². The Balaban J connectivity index is 1.93. The van der Waals surface area contributed by atoms with E-state index in [0.29, 0.717) is 0 Å². The van der Waals surface area contributed by atoms with Gasteiger partial charge in [-0.1, -0.05) is 66.2 Å². The Bertz CT molecular complexity index is 1050. The fraction of sp³-hybridized carbons (Fsp3) is 0.250. The molecule has 0 saturated heterocycles. The summed E-state index contributed by atoms with van der Waals surface area (Å²) in [5.41, 5.74) is 8.38. The molecule has 3 aromatic rings. The van der Waals surface area contributed by atoms with Gasteiger partial charge in [0.2, 0.25) is 0 Å². The van der Waals surface area contributed by atoms with Crippen LogP contribution in [0.3, 0.4) is 0 Å². The molecule has 2 aliphatic carbocycles. The fourth-order valence-electron chi connectivity index (χ4n) is 5.27. The van der Waals surface area contributed by atoms with E-state index in [4.69, 9.17) is 4.74 Å². The van der Waals surface area contributed by atoms with E-state index in [-0.39, 0.29) is 10.8 Å². The Morgan fingerprint density at radius 1 is 0.808 bits per heavy atom. The average Bonchev–Trinajstić information content (AvgIpc) is 3.05. The van der Waals surface area contributed by atoms with Crippen LogP contribution in [0.25, 0.3) is 11.1 Å². The van der Waals surface area contributed by atoms with Crippen LogP contribution in [0.4, 0.5) is 0 Å². The Kier molecular flexibility index (Phi) is 3.25. The third kappa shape index (κ3) is 1.91. The summed E-state index contributed by atoms with van der Waals surface area (Å²) in [7, 11) is 1.75. The van der Waals surface area contributed by atoms with E-state index in [1.807, 2.05) is 0 Å². The van der Waals surface area contributed by atoms with Crippen molar-refractivity contribution in [3.63, 3.8) is 0 Å². The molecule has 3 aromatic carbocycles. The molecule has 0 N–H and O–H groups in total. The zero-order valence-corrected chi connectivity index (χ0v) is 16.9. The molecule has 1 nitrogen and oxygen atoms in total. The van der Waals surface area contributed by atoms with Gasteiger partial charge in [0.05, 0.1) is 7.11 Å². The Labute approximate surface area is 163 Å². The van der Waals surface area contributed by atoms with Gasteiger partial charge >= 0.3 is 0 Å². The summed E-state index contributed by atoms with van der Waals surface area (Å²) in [6.07, 6.45) is 1.07. The summed E-state index contributed by atoms with van der Waals surface area (Å²) in [6, 6.07) is 22.3. The topological polar surface area (TPSA) is 9.23 Å². The lowest BCUT2D eigenvalue weighted by atomic mass is 9.71. The molecule has 26 heavy (non-hydrogen) atoms. The number of hydrogen-bond acceptors (Lipinski definition) is 1. The number of benzene rings is 3. The molecule has 2 aliphatic rings. The predicted octanol–water partition coefficient (Wildman–Crippen LogP) is 6.45. The molecule has 2 heteroatoms. The highest BCUT2D eigenvalue weighted by molar-refractivity contribution is 9.10. The summed E-state index contributed by atoms with van der Waals surface area (Å²) in [6.45, 7) is 4.73. The summed E-state index contributed by atoms with van der Waals surface area (Å²) < 4.78 is 6.74. The Hall–Kier alpha value is -2.06. The second kappa shape index (κ2) is 5.23. The van der Waals surface area contributed by atoms with Gasteiger partial charge < -0.3 is 4.74 Å². The molecular weight excluding hydrogens is 384 g/mol. The van der Waals surface area contributed by atoms with Crippen molar-refractivity contribution in [1.29, 1.82) is 0 Å². The third-order valence-electron chi connectivity index (χ3n) is 6.24. The number of ether oxygens (including phenoxy) is 1. The first-order chi connectivity index (χ1) is 12.5. The second-order valence-electron chi connectivity index (χ2n) is 8.11. The number of methoxy groups -OCH3 is 1. The van der Waals surface area contributed by atoms with Crippen molar-refractivity contribution < 1.29 is 4.74 Å². The van der Waals surface area contributed by atoms with Gasteiger partial charge in [-0.05, 0) is 69.5 Å². The lowest BCUT2D eigenvalue weighted by Crippen LogP contribution is -2.26. The Morgan fingerprint density at radius 3 is 2.38 bits per heavy atom. The van der Waals surface area contributed by atoms with Crippen LogP contribution in [0.2, 0.25) is 0 Å². The molecule has 0 aliphatic heterocycles. The zero-order chi connectivity index (χ0) is 18.1. The molecule has 0 saturated carbocycles. The molecule has 0 heterocycles. The molecule has 1 unspecified atom stereocenters. The van der Waals surface area contributed by atoms with E-state index >= 15 is 0 Å². The largest absolute Gasteiger partial charge is 0.497 e. The molecule has 0 radical (unpaired) electrons. The van der Waals surface area contributed by atoms with Crippen LogP contribution in [0.1, 0.15) is 42.5 Å². The normalized spacial score (nSPS) is 21.4. The van der Waals surface area contributed by atoms with E-state index in [2.05, 4.69) is 90.4 Å². The van der Waals surface area contributed by atoms with Crippen LogP contribution in [-0.4, -0.2) is 7.11 Å². The van der Waals surface area contributed by atoms with Gasteiger partial charge in [0.25, 0.3) is 0 Å². The van der Waals surface area contributed by atoms with Gasteiger partial charge in [-0.15, -0.1) is 0 Å². The number of rotatable bonds is 1. The maximum absolute atomic E-state index is 5.60. The van der Waals surface area contributed by atoms with Crippen molar-refractivity contribution in [2.24, 2.45) is 0 Å². The Morgan fingerprint density at radius 2 is 1.58 bits per heavy atom. The van der Waals surface area contributed by atoms with Crippen molar-refractivity contribution in [3.8, 4) is 16.9 Å². The summed E-state index contributed by atoms with van der Waals surface area (Å²) in [5, 5.41) is 0. The summed E-state index contributed by atoms with van der Waals surface area (Å²) in [4.78, 5) is 0. The van der Waals surface area contributed by atoms with Gasteiger partial charge in [0.1, 0.15) is 5.75 Å². The lowest BCUT2D eigenvalue weighted by molar-refractivity contribution is 0.413. The highest BCUT2D eigenvalue weighted by atomic mass is 79.9. The molecule has 0 bridgehead atoms. The maximum Gasteiger partial charge on any atom is 0.119 e. The van der Waals surface area contributed by atoms with E-state index in [1.165, 1.54) is 33.4 Å². The minimum atomic E-state index is -0.108. The predicted molar refractivity (Wildman–Crippen MR) is 110 cm³/mol. The van der Waals surface area contributed by atoms with Gasteiger partial charge in [0.15, 0.2) is 0 Å². The van der Waals surface area contributed by atoms with E-state index in [1.54, 1.807) is 7.11 Å². The van der Waals surface area contributed by atoms with Gasteiger partial charge in [-0.3, -0.25) is 0 Å². The molecule has 0 amide bonds. The van der Waals surface area contributed by atoms with Crippen LogP contribution in [0.15, 0.2) is 65.1 Å². The summed E-state index contributed by atoms with van der Waals surface area (Å²) >= 11 is 3.71. The van der Waals surface area contributed by atoms with Crippen LogP contribution in [-0.2, 0) is 10.8 Å². The first kappa shape index (κ1) is 16.1. The monoisotopic (exact) mass is 404 g/mol. The molecule has 1 spiro atoms. The van der Waals surface area contributed by atoms with Crippen molar-refractivity contribution in [1.82, 2.24) is 0 Å². The lowest BCUT2D eigenvalue weighted by Gasteiger charge is -2.30. The van der Waals surface area contributed by atoms with E-state index in [9.17, 15) is 0 Å². The van der Waals surface area contributed by atoms with E-state index < -0.39 is 0 Å². The fourth-order valence-corrected chi connectivity index (χ4v) is 5.63. The van der Waals surface area contributed by atoms with Gasteiger partial charge in [-0.25, -0.2) is 0 Å². The third-order valence-corrected chi connectivity index (χ3v) is 6.73. The molecule has 1 atom stereocenters. The quantitative estimate of drug-likeness (QED) is 0.452. The highest BCUT2D eigenvalue weighted by Gasteiger charge is 2.54. The van der Waals surface area contributed by atoms with Crippen molar-refractivity contribution in [3.05, 3.63) is 87.4 Å². The SMILES string of the molecule is COc1ccc2c(c1)C1(CC2(C)C)c2ccccc2-c2ccc(Br)cc21. The highest BCUT2D eigenvalue weighted by Crippen LogP contribution is 2.63. The van der Waals surface area contributed by atoms with Crippen LogP contribution < -0.4 is 4.74 Å². The van der Waals surface area contributed by atoms with Gasteiger partial charge in [0, 0.05) is 9.89 Å². The van der Waals surface area contributed by atoms with Crippen LogP contribution in [0, 0.1) is 0 Å². The second-order valence-corrected chi connectivity index (χ2v) is 9.03. The molecule has 0 fully saturated rings. The number of hydrogen-bond donors (Lipinski definition) is 0. The molecular formula is C24H21BrO. The smallest absolute Gasteiger partial charge is 0.119 e. The first-order valence-corrected chi connectivity index (χ1v) is 9.85. The number of halogens is 1. The first-order valence-electron chi connectivity index (χ1n) is 9.06. The minimum Gasteiger partial charge on any atom is -0.497 e. The number of fused-ring (bicyclic) bond motifs is 7. The maximum atomic E-state index is 5.60. The molecule has 0 aromatic heterocycles. The van der Waals surface area contributed by atoms with Gasteiger partial charge in [-0.2, -0.15) is 0 Å². The summed E-state index contributed by atoms with van der Waals surface area (Å²) in [5.74, 6) is 0.932. The average molecular weight is 405 g/mol.